The second-order valence-electron chi connectivity index (χ2n) is 6.84. The second-order valence-corrected chi connectivity index (χ2v) is 8.30. The van der Waals surface area contributed by atoms with Crippen LogP contribution in [0.5, 0.6) is 0 Å². The fraction of sp³-hybridized carbons (Fsp3) is 0.588. The zero-order valence-electron chi connectivity index (χ0n) is 14.4. The van der Waals surface area contributed by atoms with Crippen molar-refractivity contribution in [3.05, 3.63) is 21.4 Å². The lowest BCUT2D eigenvalue weighted by Gasteiger charge is -2.22. The van der Waals surface area contributed by atoms with Gasteiger partial charge in [0, 0.05) is 15.3 Å². The highest BCUT2D eigenvalue weighted by atomic mass is 32.1. The summed E-state index contributed by atoms with van der Waals surface area (Å²) in [6.45, 7) is 9.51. The molecule has 0 aliphatic carbocycles. The van der Waals surface area contributed by atoms with Crippen molar-refractivity contribution < 1.29 is 14.4 Å². The topological polar surface area (TPSA) is 66.5 Å². The quantitative estimate of drug-likeness (QED) is 0.640. The summed E-state index contributed by atoms with van der Waals surface area (Å²) in [7, 11) is 0. The largest absolute Gasteiger partial charge is 0.325 e. The Morgan fingerprint density at radius 2 is 2.00 bits per heavy atom. The molecule has 5 nitrogen and oxygen atoms in total. The van der Waals surface area contributed by atoms with Gasteiger partial charge < -0.3 is 5.32 Å². The lowest BCUT2D eigenvalue weighted by Crippen LogP contribution is -2.44. The van der Waals surface area contributed by atoms with Crippen molar-refractivity contribution in [2.45, 2.75) is 53.0 Å². The Hall–Kier alpha value is -1.69. The number of nitrogens with zero attached hydrogens (tertiary/aromatic N) is 1. The number of imide groups is 1. The number of Topliss-reactive ketones (excluding diaryl/α,β-unsaturated/α-hetero) is 1. The van der Waals surface area contributed by atoms with E-state index in [0.717, 1.165) is 21.1 Å². The van der Waals surface area contributed by atoms with Gasteiger partial charge in [-0.1, -0.05) is 13.8 Å². The molecule has 3 amide bonds. The molecule has 1 aromatic rings. The molecular weight excluding hydrogens is 312 g/mol. The molecule has 2 rings (SSSR count). The normalized spacial score (nSPS) is 21.2. The first-order chi connectivity index (χ1) is 10.6. The Kier molecular flexibility index (Phi) is 4.94. The summed E-state index contributed by atoms with van der Waals surface area (Å²) in [5, 5.41) is 2.75. The maximum atomic E-state index is 12.6. The van der Waals surface area contributed by atoms with Gasteiger partial charge in [0.15, 0.2) is 5.78 Å². The smallest absolute Gasteiger partial charge is 0.323 e. The second kappa shape index (κ2) is 6.43. The Labute approximate surface area is 141 Å². The molecule has 0 saturated carbocycles. The zero-order valence-corrected chi connectivity index (χ0v) is 15.2. The minimum absolute atomic E-state index is 0.191. The van der Waals surface area contributed by atoms with Crippen LogP contribution in [0, 0.1) is 19.8 Å². The SMILES string of the molecule is Cc1cc(C(=O)CN2C(=O)N[C@](C)(CCC(C)C)C2=O)c(C)s1. The number of nitrogens with one attached hydrogen (secondary N) is 1. The van der Waals surface area contributed by atoms with Crippen LogP contribution in [-0.2, 0) is 4.79 Å². The van der Waals surface area contributed by atoms with E-state index in [1.807, 2.05) is 19.9 Å². The van der Waals surface area contributed by atoms with Gasteiger partial charge in [0.25, 0.3) is 5.91 Å². The van der Waals surface area contributed by atoms with Crippen LogP contribution in [0.4, 0.5) is 4.79 Å². The summed E-state index contributed by atoms with van der Waals surface area (Å²) < 4.78 is 0. The van der Waals surface area contributed by atoms with Crippen molar-refractivity contribution in [1.82, 2.24) is 10.2 Å². The molecule has 1 atom stereocenters. The first-order valence-corrected chi connectivity index (χ1v) is 8.70. The van der Waals surface area contributed by atoms with Gasteiger partial charge in [-0.2, -0.15) is 0 Å². The standard InChI is InChI=1S/C17H24N2O3S/c1-10(2)6-7-17(5)15(21)19(16(22)18-17)9-14(20)13-8-11(3)23-12(13)4/h8,10H,6-7,9H2,1-5H3,(H,18,22)/t17-/m1/s1. The van der Waals surface area contributed by atoms with Crippen LogP contribution < -0.4 is 5.32 Å². The number of hydrogen-bond donors (Lipinski definition) is 1. The van der Waals surface area contributed by atoms with Crippen molar-refractivity contribution in [3.63, 3.8) is 0 Å². The minimum Gasteiger partial charge on any atom is -0.323 e. The van der Waals surface area contributed by atoms with Gasteiger partial charge in [0.05, 0.1) is 6.54 Å². The highest BCUT2D eigenvalue weighted by Gasteiger charge is 2.47. The molecule has 23 heavy (non-hydrogen) atoms. The average molecular weight is 336 g/mol. The van der Waals surface area contributed by atoms with Crippen LogP contribution in [0.3, 0.4) is 0 Å². The van der Waals surface area contributed by atoms with Crippen LogP contribution in [0.25, 0.3) is 0 Å². The molecule has 0 spiro atoms. The van der Waals surface area contributed by atoms with E-state index in [0.29, 0.717) is 17.9 Å². The van der Waals surface area contributed by atoms with E-state index >= 15 is 0 Å². The van der Waals surface area contributed by atoms with Gasteiger partial charge in [0.2, 0.25) is 0 Å². The monoisotopic (exact) mass is 336 g/mol. The number of carbonyl (C=O) groups is 3. The molecule has 1 N–H and O–H groups in total. The Morgan fingerprint density at radius 1 is 1.35 bits per heavy atom. The van der Waals surface area contributed by atoms with E-state index in [1.165, 1.54) is 0 Å². The number of rotatable bonds is 6. The Morgan fingerprint density at radius 3 is 2.52 bits per heavy atom. The van der Waals surface area contributed by atoms with E-state index in [2.05, 4.69) is 19.2 Å². The summed E-state index contributed by atoms with van der Waals surface area (Å²) in [4.78, 5) is 40.2. The van der Waals surface area contributed by atoms with E-state index in [9.17, 15) is 14.4 Å². The highest BCUT2D eigenvalue weighted by molar-refractivity contribution is 7.12. The number of amides is 3. The summed E-state index contributed by atoms with van der Waals surface area (Å²) >= 11 is 1.54. The molecule has 0 radical (unpaired) electrons. The molecule has 6 heteroatoms. The predicted molar refractivity (Wildman–Crippen MR) is 90.8 cm³/mol. The lowest BCUT2D eigenvalue weighted by molar-refractivity contribution is -0.130. The van der Waals surface area contributed by atoms with Crippen LogP contribution >= 0.6 is 11.3 Å². The summed E-state index contributed by atoms with van der Waals surface area (Å²) in [6.07, 6.45) is 1.42. The Bertz CT molecular complexity index is 650. The summed E-state index contributed by atoms with van der Waals surface area (Å²) in [6, 6.07) is 1.35. The van der Waals surface area contributed by atoms with E-state index < -0.39 is 11.6 Å². The van der Waals surface area contributed by atoms with Gasteiger partial charge in [0.1, 0.15) is 5.54 Å². The molecular formula is C17H24N2O3S. The minimum atomic E-state index is -0.902. The first-order valence-electron chi connectivity index (χ1n) is 7.88. The van der Waals surface area contributed by atoms with Crippen LogP contribution in [-0.4, -0.2) is 34.7 Å². The maximum absolute atomic E-state index is 12.6. The third kappa shape index (κ3) is 3.63. The zero-order chi connectivity index (χ0) is 17.4. The molecule has 0 aromatic carbocycles. The number of carbonyl (C=O) groups excluding carboxylic acids is 3. The molecule has 1 aliphatic rings. The predicted octanol–water partition coefficient (Wildman–Crippen LogP) is 3.29. The fourth-order valence-electron chi connectivity index (χ4n) is 2.77. The van der Waals surface area contributed by atoms with E-state index in [-0.39, 0.29) is 18.2 Å². The maximum Gasteiger partial charge on any atom is 0.325 e. The summed E-state index contributed by atoms with van der Waals surface area (Å²) in [5.41, 5.74) is -0.301. The molecule has 126 valence electrons. The van der Waals surface area contributed by atoms with Gasteiger partial charge in [-0.15, -0.1) is 11.3 Å². The molecule has 1 aliphatic heterocycles. The number of thiophene rings is 1. The van der Waals surface area contributed by atoms with Crippen LogP contribution in [0.1, 0.15) is 53.7 Å². The number of urea groups is 1. The fourth-order valence-corrected chi connectivity index (χ4v) is 3.72. The van der Waals surface area contributed by atoms with Gasteiger partial charge >= 0.3 is 6.03 Å². The molecule has 1 fully saturated rings. The highest BCUT2D eigenvalue weighted by Crippen LogP contribution is 2.26. The molecule has 0 unspecified atom stereocenters. The van der Waals surface area contributed by atoms with Crippen LogP contribution in [0.2, 0.25) is 0 Å². The number of aryl methyl sites for hydroxylation is 2. The van der Waals surface area contributed by atoms with Crippen molar-refractivity contribution in [3.8, 4) is 0 Å². The third-order valence-corrected chi connectivity index (χ3v) is 5.18. The van der Waals surface area contributed by atoms with Gasteiger partial charge in [-0.25, -0.2) is 4.79 Å². The molecule has 1 saturated heterocycles. The average Bonchev–Trinajstić information content (AvgIpc) is 2.89. The molecule has 2 heterocycles. The van der Waals surface area contributed by atoms with Crippen molar-refractivity contribution >= 4 is 29.1 Å². The number of ketones is 1. The lowest BCUT2D eigenvalue weighted by atomic mass is 9.92. The molecule has 0 bridgehead atoms. The third-order valence-electron chi connectivity index (χ3n) is 4.21. The van der Waals surface area contributed by atoms with Gasteiger partial charge in [-0.3, -0.25) is 14.5 Å². The first kappa shape index (κ1) is 17.7. The van der Waals surface area contributed by atoms with E-state index in [1.54, 1.807) is 18.3 Å². The van der Waals surface area contributed by atoms with Crippen molar-refractivity contribution in [1.29, 1.82) is 0 Å². The van der Waals surface area contributed by atoms with Crippen molar-refractivity contribution in [2.24, 2.45) is 5.92 Å². The summed E-state index contributed by atoms with van der Waals surface area (Å²) in [5.74, 6) is -0.0480. The van der Waals surface area contributed by atoms with Crippen LogP contribution in [0.15, 0.2) is 6.07 Å². The van der Waals surface area contributed by atoms with Crippen molar-refractivity contribution in [2.75, 3.05) is 6.54 Å². The Balaban J connectivity index is 2.11. The van der Waals surface area contributed by atoms with Gasteiger partial charge in [-0.05, 0) is 45.6 Å². The van der Waals surface area contributed by atoms with E-state index in [4.69, 9.17) is 0 Å². The molecule has 1 aromatic heterocycles. The number of hydrogen-bond acceptors (Lipinski definition) is 4.